The molecule has 0 bridgehead atoms. The Bertz CT molecular complexity index is 1190. The number of nitrogens with one attached hydrogen (secondary N) is 2. The van der Waals surface area contributed by atoms with Gasteiger partial charge >= 0.3 is 6.03 Å². The van der Waals surface area contributed by atoms with E-state index in [1.807, 2.05) is 6.92 Å². The summed E-state index contributed by atoms with van der Waals surface area (Å²) in [4.78, 5) is 25.6. The Morgan fingerprint density at radius 3 is 2.71 bits per heavy atom. The number of hydrogen-bond acceptors (Lipinski definition) is 6. The van der Waals surface area contributed by atoms with Crippen LogP contribution in [0.4, 0.5) is 10.5 Å². The van der Waals surface area contributed by atoms with Gasteiger partial charge in [-0.15, -0.1) is 0 Å². The standard InChI is InChI=1S/C22H18BrCl2N3O4S2/c1-3-7-32-19-14(23)8-12(9-17(19)31-4-2)10-18-20(29)28(22(33)34-18)27-21(30)26-13-5-6-15(24)16(25)11-13/h3,5-6,8-11H,1,4,7H2,2H3,(H2,26,27,30)/b18-10+. The van der Waals surface area contributed by atoms with Crippen molar-refractivity contribution in [3.63, 3.8) is 0 Å². The van der Waals surface area contributed by atoms with Crippen molar-refractivity contribution in [2.45, 2.75) is 6.92 Å². The highest BCUT2D eigenvalue weighted by molar-refractivity contribution is 9.10. The van der Waals surface area contributed by atoms with E-state index in [1.54, 1.807) is 36.4 Å². The first kappa shape index (κ1) is 26.4. The molecule has 0 atom stereocenters. The minimum absolute atomic E-state index is 0.176. The molecule has 0 aliphatic carbocycles. The summed E-state index contributed by atoms with van der Waals surface area (Å²) in [7, 11) is 0. The van der Waals surface area contributed by atoms with Gasteiger partial charge in [0.25, 0.3) is 5.91 Å². The van der Waals surface area contributed by atoms with Crippen LogP contribution in [0.25, 0.3) is 6.08 Å². The molecule has 178 valence electrons. The smallest absolute Gasteiger partial charge is 0.338 e. The Labute approximate surface area is 224 Å². The molecule has 2 N–H and O–H groups in total. The first-order valence-electron chi connectivity index (χ1n) is 9.74. The normalized spacial score (nSPS) is 14.4. The number of thioether (sulfide) groups is 1. The maximum absolute atomic E-state index is 12.9. The molecule has 0 saturated carbocycles. The van der Waals surface area contributed by atoms with E-state index in [0.717, 1.165) is 16.8 Å². The summed E-state index contributed by atoms with van der Waals surface area (Å²) in [6, 6.07) is 7.49. The molecule has 1 aliphatic rings. The molecule has 0 spiro atoms. The molecular weight excluding hydrogens is 585 g/mol. The van der Waals surface area contributed by atoms with E-state index in [4.69, 9.17) is 44.9 Å². The number of carbonyl (C=O) groups excluding carboxylic acids is 2. The van der Waals surface area contributed by atoms with Crippen molar-refractivity contribution < 1.29 is 19.1 Å². The van der Waals surface area contributed by atoms with Gasteiger partial charge < -0.3 is 14.8 Å². The molecule has 34 heavy (non-hydrogen) atoms. The second-order valence-electron chi connectivity index (χ2n) is 6.57. The molecule has 3 amide bonds. The van der Waals surface area contributed by atoms with Crippen LogP contribution >= 0.6 is 63.1 Å². The zero-order valence-corrected chi connectivity index (χ0v) is 22.4. The molecule has 12 heteroatoms. The van der Waals surface area contributed by atoms with Crippen LogP contribution in [0.2, 0.25) is 10.0 Å². The fourth-order valence-electron chi connectivity index (χ4n) is 2.77. The van der Waals surface area contributed by atoms with Crippen LogP contribution < -0.4 is 20.2 Å². The number of thiocarbonyl (C=S) groups is 1. The maximum Gasteiger partial charge on any atom is 0.338 e. The van der Waals surface area contributed by atoms with E-state index in [1.165, 1.54) is 6.07 Å². The number of carbonyl (C=O) groups is 2. The lowest BCUT2D eigenvalue weighted by atomic mass is 10.2. The number of rotatable bonds is 8. The van der Waals surface area contributed by atoms with Crippen LogP contribution in [-0.2, 0) is 4.79 Å². The number of benzene rings is 2. The quantitative estimate of drug-likeness (QED) is 0.200. The molecule has 1 fully saturated rings. The first-order chi connectivity index (χ1) is 16.2. The van der Waals surface area contributed by atoms with Gasteiger partial charge in [-0.3, -0.25) is 4.79 Å². The minimum atomic E-state index is -0.666. The van der Waals surface area contributed by atoms with Crippen LogP contribution in [0.1, 0.15) is 12.5 Å². The largest absolute Gasteiger partial charge is 0.490 e. The summed E-state index contributed by atoms with van der Waals surface area (Å²) in [6.07, 6.45) is 3.29. The van der Waals surface area contributed by atoms with E-state index in [9.17, 15) is 9.59 Å². The molecule has 3 rings (SSSR count). The SMILES string of the molecule is C=CCOc1c(Br)cc(/C=C2/SC(=S)N(NC(=O)Nc3ccc(Cl)c(Cl)c3)C2=O)cc1OCC. The predicted molar refractivity (Wildman–Crippen MR) is 145 cm³/mol. The van der Waals surface area contributed by atoms with Crippen molar-refractivity contribution in [2.75, 3.05) is 18.5 Å². The predicted octanol–water partition coefficient (Wildman–Crippen LogP) is 6.66. The first-order valence-corrected chi connectivity index (χ1v) is 12.5. The number of hydrazine groups is 1. The van der Waals surface area contributed by atoms with Gasteiger partial charge in [0.2, 0.25) is 0 Å². The topological polar surface area (TPSA) is 79.9 Å². The fourth-order valence-corrected chi connectivity index (χ4v) is 4.82. The van der Waals surface area contributed by atoms with Crippen molar-refractivity contribution in [1.82, 2.24) is 10.4 Å². The lowest BCUT2D eigenvalue weighted by molar-refractivity contribution is -0.123. The monoisotopic (exact) mass is 601 g/mol. The molecule has 1 aliphatic heterocycles. The molecule has 2 aromatic carbocycles. The van der Waals surface area contributed by atoms with Crippen molar-refractivity contribution in [3.05, 3.63) is 68.0 Å². The molecular formula is C22H18BrCl2N3O4S2. The minimum Gasteiger partial charge on any atom is -0.490 e. The van der Waals surface area contributed by atoms with E-state index >= 15 is 0 Å². The third-order valence-electron chi connectivity index (χ3n) is 4.16. The second-order valence-corrected chi connectivity index (χ2v) is 9.92. The number of ether oxygens (including phenoxy) is 2. The van der Waals surface area contributed by atoms with Gasteiger partial charge in [0.15, 0.2) is 15.8 Å². The van der Waals surface area contributed by atoms with Gasteiger partial charge in [-0.25, -0.2) is 10.2 Å². The zero-order chi connectivity index (χ0) is 24.8. The van der Waals surface area contributed by atoms with Crippen LogP contribution in [0, 0.1) is 0 Å². The number of amides is 3. The number of nitrogens with zero attached hydrogens (tertiary/aromatic N) is 1. The van der Waals surface area contributed by atoms with Gasteiger partial charge in [-0.05, 0) is 77.0 Å². The zero-order valence-electron chi connectivity index (χ0n) is 17.7. The van der Waals surface area contributed by atoms with Crippen LogP contribution in [0.3, 0.4) is 0 Å². The summed E-state index contributed by atoms with van der Waals surface area (Å²) in [5.74, 6) is 0.576. The summed E-state index contributed by atoms with van der Waals surface area (Å²) in [5, 5.41) is 4.21. The number of anilines is 1. The van der Waals surface area contributed by atoms with Crippen LogP contribution in [0.15, 0.2) is 52.4 Å². The van der Waals surface area contributed by atoms with Crippen molar-refractivity contribution in [1.29, 1.82) is 0 Å². The molecule has 0 radical (unpaired) electrons. The van der Waals surface area contributed by atoms with Gasteiger partial charge in [0, 0.05) is 5.69 Å². The molecule has 0 unspecified atom stereocenters. The maximum atomic E-state index is 12.9. The summed E-state index contributed by atoms with van der Waals surface area (Å²) < 4.78 is 12.2. The third kappa shape index (κ3) is 6.45. The average molecular weight is 603 g/mol. The molecule has 1 heterocycles. The Morgan fingerprint density at radius 1 is 1.26 bits per heavy atom. The van der Waals surface area contributed by atoms with Gasteiger partial charge in [-0.2, -0.15) is 5.01 Å². The highest BCUT2D eigenvalue weighted by atomic mass is 79.9. The Morgan fingerprint density at radius 2 is 2.03 bits per heavy atom. The highest BCUT2D eigenvalue weighted by Crippen LogP contribution is 2.39. The fraction of sp³-hybridized carbons (Fsp3) is 0.136. The lowest BCUT2D eigenvalue weighted by Crippen LogP contribution is -2.46. The molecule has 7 nitrogen and oxygen atoms in total. The molecule has 0 aromatic heterocycles. The summed E-state index contributed by atoms with van der Waals surface area (Å²) in [6.45, 7) is 6.25. The van der Waals surface area contributed by atoms with Crippen molar-refractivity contribution >= 4 is 91.1 Å². The number of hydrogen-bond donors (Lipinski definition) is 2. The van der Waals surface area contributed by atoms with Gasteiger partial charge in [-0.1, -0.05) is 47.6 Å². The molecule has 2 aromatic rings. The Hall–Kier alpha value is -2.24. The van der Waals surface area contributed by atoms with Crippen molar-refractivity contribution in [2.24, 2.45) is 0 Å². The summed E-state index contributed by atoms with van der Waals surface area (Å²) >= 11 is 21.7. The van der Waals surface area contributed by atoms with Crippen LogP contribution in [-0.4, -0.2) is 34.5 Å². The van der Waals surface area contributed by atoms with E-state index < -0.39 is 11.9 Å². The van der Waals surface area contributed by atoms with Crippen LogP contribution in [0.5, 0.6) is 11.5 Å². The Kier molecular flexibility index (Phi) is 9.26. The number of halogens is 3. The van der Waals surface area contributed by atoms with E-state index in [2.05, 4.69) is 33.3 Å². The van der Waals surface area contributed by atoms with E-state index in [0.29, 0.717) is 50.4 Å². The van der Waals surface area contributed by atoms with Crippen molar-refractivity contribution in [3.8, 4) is 11.5 Å². The third-order valence-corrected chi connectivity index (χ3v) is 6.79. The molecule has 1 saturated heterocycles. The lowest BCUT2D eigenvalue weighted by Gasteiger charge is -2.16. The highest BCUT2D eigenvalue weighted by Gasteiger charge is 2.33. The van der Waals surface area contributed by atoms with E-state index in [-0.39, 0.29) is 9.34 Å². The van der Waals surface area contributed by atoms with Gasteiger partial charge in [0.1, 0.15) is 6.61 Å². The Balaban J connectivity index is 1.76. The second kappa shape index (κ2) is 11.9. The number of urea groups is 1. The summed E-state index contributed by atoms with van der Waals surface area (Å²) in [5.41, 5.74) is 3.53. The average Bonchev–Trinajstić information content (AvgIpc) is 3.03. The van der Waals surface area contributed by atoms with Gasteiger partial charge in [0.05, 0.1) is 26.0 Å².